The first-order valence-corrected chi connectivity index (χ1v) is 8.16. The van der Waals surface area contributed by atoms with E-state index in [9.17, 15) is 9.90 Å². The summed E-state index contributed by atoms with van der Waals surface area (Å²) in [5.74, 6) is -0.610. The van der Waals surface area contributed by atoms with Crippen LogP contribution in [0.3, 0.4) is 0 Å². The number of hydrogen-bond donors (Lipinski definition) is 2. The summed E-state index contributed by atoms with van der Waals surface area (Å²) in [7, 11) is 0. The molecule has 2 N–H and O–H groups in total. The number of amides is 1. The molecule has 22 heavy (non-hydrogen) atoms. The van der Waals surface area contributed by atoms with E-state index in [4.69, 9.17) is 0 Å². The third kappa shape index (κ3) is 3.98. The van der Waals surface area contributed by atoms with Gasteiger partial charge in [-0.3, -0.25) is 4.79 Å². The zero-order valence-corrected chi connectivity index (χ0v) is 15.2. The average Bonchev–Trinajstić information content (AvgIpc) is 2.91. The lowest BCUT2D eigenvalue weighted by Gasteiger charge is -2.06. The van der Waals surface area contributed by atoms with Gasteiger partial charge in [-0.05, 0) is 48.0 Å². The Labute approximate surface area is 145 Å². The zero-order valence-electron chi connectivity index (χ0n) is 12.0. The predicted molar refractivity (Wildman–Crippen MR) is 93.4 cm³/mol. The minimum absolute atomic E-state index is 0.123. The van der Waals surface area contributed by atoms with Gasteiger partial charge in [-0.1, -0.05) is 15.9 Å². The molecular weight excluding hydrogens is 414 g/mol. The molecule has 0 radical (unpaired) electrons. The summed E-state index contributed by atoms with van der Waals surface area (Å²) >= 11 is 6.46. The molecule has 0 aliphatic heterocycles. The summed E-state index contributed by atoms with van der Waals surface area (Å²) in [5, 5.41) is 13.8. The van der Waals surface area contributed by atoms with Crippen molar-refractivity contribution in [1.29, 1.82) is 0 Å². The van der Waals surface area contributed by atoms with E-state index in [2.05, 4.69) is 56.2 Å². The number of hydrazone groups is 1. The number of phenols is 1. The Hall–Kier alpha value is -1.60. The van der Waals surface area contributed by atoms with Crippen molar-refractivity contribution in [3.8, 4) is 5.75 Å². The maximum absolute atomic E-state index is 12.0. The molecule has 0 fully saturated rings. The number of rotatable bonds is 4. The van der Waals surface area contributed by atoms with Crippen molar-refractivity contribution in [2.75, 3.05) is 0 Å². The number of benzene rings is 1. The van der Waals surface area contributed by atoms with Crippen LogP contribution < -0.4 is 5.43 Å². The number of nitrogens with zero attached hydrogens (tertiary/aromatic N) is 2. The predicted octanol–water partition coefficient (Wildman–Crippen LogP) is 4.06. The second kappa shape index (κ2) is 7.11. The van der Waals surface area contributed by atoms with Crippen LogP contribution in [-0.2, 0) is 0 Å². The second-order valence-electron chi connectivity index (χ2n) is 4.97. The normalized spacial score (nSPS) is 11.3. The second-order valence-corrected chi connectivity index (χ2v) is 6.74. The highest BCUT2D eigenvalue weighted by molar-refractivity contribution is 9.11. The lowest BCUT2D eigenvalue weighted by atomic mass is 10.2. The average molecular weight is 429 g/mol. The maximum Gasteiger partial charge on any atom is 0.275 e. The Morgan fingerprint density at radius 1 is 1.41 bits per heavy atom. The van der Waals surface area contributed by atoms with Crippen molar-refractivity contribution < 1.29 is 9.90 Å². The lowest BCUT2D eigenvalue weighted by molar-refractivity contribution is 0.0952. The topological polar surface area (TPSA) is 66.6 Å². The smallest absolute Gasteiger partial charge is 0.275 e. The van der Waals surface area contributed by atoms with Gasteiger partial charge in [-0.15, -0.1) is 0 Å². The fourth-order valence-corrected chi connectivity index (χ4v) is 3.02. The Balaban J connectivity index is 2.08. The van der Waals surface area contributed by atoms with E-state index >= 15 is 0 Å². The van der Waals surface area contributed by atoms with Gasteiger partial charge in [0.25, 0.3) is 5.91 Å². The molecule has 2 aromatic rings. The first-order valence-electron chi connectivity index (χ1n) is 6.57. The molecule has 0 saturated heterocycles. The van der Waals surface area contributed by atoms with Crippen molar-refractivity contribution in [2.24, 2.45) is 5.10 Å². The number of nitrogens with one attached hydrogen (secondary N) is 1. The summed E-state index contributed by atoms with van der Waals surface area (Å²) in [6.07, 6.45) is 5.44. The van der Waals surface area contributed by atoms with Gasteiger partial charge in [0.05, 0.1) is 16.3 Å². The largest absolute Gasteiger partial charge is 0.506 e. The van der Waals surface area contributed by atoms with E-state index in [1.165, 1.54) is 6.07 Å². The van der Waals surface area contributed by atoms with Crippen LogP contribution in [0.1, 0.15) is 35.8 Å². The quantitative estimate of drug-likeness (QED) is 0.569. The van der Waals surface area contributed by atoms with Crippen LogP contribution in [0.25, 0.3) is 0 Å². The van der Waals surface area contributed by atoms with Gasteiger partial charge in [0.15, 0.2) is 0 Å². The number of aromatic hydroxyl groups is 1. The molecule has 0 bridgehead atoms. The van der Waals surface area contributed by atoms with Crippen LogP contribution >= 0.6 is 31.9 Å². The van der Waals surface area contributed by atoms with Crippen LogP contribution in [0.15, 0.2) is 44.6 Å². The Morgan fingerprint density at radius 3 is 2.77 bits per heavy atom. The number of phenolic OH excluding ortho intramolecular Hbond substituents is 1. The Kier molecular flexibility index (Phi) is 5.42. The van der Waals surface area contributed by atoms with Gasteiger partial charge in [0, 0.05) is 28.5 Å². The summed E-state index contributed by atoms with van der Waals surface area (Å²) < 4.78 is 3.16. The van der Waals surface area contributed by atoms with Crippen LogP contribution in [-0.4, -0.2) is 21.8 Å². The summed E-state index contributed by atoms with van der Waals surface area (Å²) in [5.41, 5.74) is 3.42. The fraction of sp³-hybridized carbons (Fsp3) is 0.200. The van der Waals surface area contributed by atoms with Crippen molar-refractivity contribution in [1.82, 2.24) is 9.99 Å². The Morgan fingerprint density at radius 2 is 2.14 bits per heavy atom. The molecule has 1 amide bonds. The highest BCUT2D eigenvalue weighted by Gasteiger charge is 2.14. The number of hydrogen-bond acceptors (Lipinski definition) is 3. The number of aromatic nitrogens is 1. The van der Waals surface area contributed by atoms with Crippen molar-refractivity contribution in [2.45, 2.75) is 19.9 Å². The van der Waals surface area contributed by atoms with Crippen LogP contribution in [0.5, 0.6) is 5.75 Å². The molecule has 0 saturated carbocycles. The van der Waals surface area contributed by atoms with Gasteiger partial charge < -0.3 is 9.67 Å². The minimum Gasteiger partial charge on any atom is -0.506 e. The van der Waals surface area contributed by atoms with Gasteiger partial charge >= 0.3 is 0 Å². The van der Waals surface area contributed by atoms with Crippen LogP contribution in [0.4, 0.5) is 0 Å². The molecule has 0 aliphatic rings. The van der Waals surface area contributed by atoms with Crippen molar-refractivity contribution in [3.05, 3.63) is 50.7 Å². The molecule has 0 spiro atoms. The molecule has 1 aromatic carbocycles. The summed E-state index contributed by atoms with van der Waals surface area (Å²) in [6, 6.07) is 5.46. The molecule has 116 valence electrons. The molecule has 0 aliphatic carbocycles. The lowest BCUT2D eigenvalue weighted by Crippen LogP contribution is -2.17. The van der Waals surface area contributed by atoms with Crippen LogP contribution in [0.2, 0.25) is 0 Å². The first kappa shape index (κ1) is 16.8. The van der Waals surface area contributed by atoms with Gasteiger partial charge in [0.2, 0.25) is 0 Å². The maximum atomic E-state index is 12.0. The molecule has 5 nitrogen and oxygen atoms in total. The van der Waals surface area contributed by atoms with E-state index < -0.39 is 5.91 Å². The SMILES string of the molecule is CC(C)n1ccc(/C=N\NC(=O)c2cc(Br)cc(Br)c2O)c1. The van der Waals surface area contributed by atoms with E-state index in [0.717, 1.165) is 5.56 Å². The number of carbonyl (C=O) groups excluding carboxylic acids is 1. The monoisotopic (exact) mass is 427 g/mol. The van der Waals surface area contributed by atoms with Gasteiger partial charge in [-0.2, -0.15) is 5.10 Å². The van der Waals surface area contributed by atoms with E-state index in [1.807, 2.05) is 23.0 Å². The fourth-order valence-electron chi connectivity index (χ4n) is 1.79. The van der Waals surface area contributed by atoms with E-state index in [0.29, 0.717) is 15.0 Å². The third-order valence-corrected chi connectivity index (χ3v) is 4.05. The molecule has 1 aromatic heterocycles. The molecule has 0 atom stereocenters. The highest BCUT2D eigenvalue weighted by atomic mass is 79.9. The van der Waals surface area contributed by atoms with Crippen molar-refractivity contribution in [3.63, 3.8) is 0 Å². The van der Waals surface area contributed by atoms with E-state index in [1.54, 1.807) is 12.3 Å². The number of carbonyl (C=O) groups is 1. The Bertz CT molecular complexity index is 724. The molecule has 7 heteroatoms. The minimum atomic E-state index is -0.487. The highest BCUT2D eigenvalue weighted by Crippen LogP contribution is 2.31. The molecular formula is C15H15Br2N3O2. The zero-order chi connectivity index (χ0) is 16.3. The summed E-state index contributed by atoms with van der Waals surface area (Å²) in [4.78, 5) is 12.0. The van der Waals surface area contributed by atoms with Gasteiger partial charge in [0.1, 0.15) is 5.75 Å². The first-order chi connectivity index (χ1) is 10.4. The molecule has 0 unspecified atom stereocenters. The standard InChI is InChI=1S/C15H15Br2N3O2/c1-9(2)20-4-3-10(8-20)7-18-19-15(22)12-5-11(16)6-13(17)14(12)21/h3-9,21H,1-2H3,(H,19,22)/b18-7-. The third-order valence-electron chi connectivity index (χ3n) is 2.99. The van der Waals surface area contributed by atoms with E-state index in [-0.39, 0.29) is 11.3 Å². The van der Waals surface area contributed by atoms with Gasteiger partial charge in [-0.25, -0.2) is 5.43 Å². The molecule has 2 rings (SSSR count). The molecule has 1 heterocycles. The van der Waals surface area contributed by atoms with Crippen molar-refractivity contribution >= 4 is 44.0 Å². The summed E-state index contributed by atoms with van der Waals surface area (Å²) in [6.45, 7) is 4.16. The number of halogens is 2. The van der Waals surface area contributed by atoms with Crippen LogP contribution in [0, 0.1) is 0 Å².